The zero-order valence-corrected chi connectivity index (χ0v) is 10.6. The Labute approximate surface area is 108 Å². The Morgan fingerprint density at radius 2 is 1.76 bits per heavy atom. The van der Waals surface area contributed by atoms with Crippen LogP contribution in [0.3, 0.4) is 0 Å². The minimum Gasteiger partial charge on any atom is -0.465 e. The first-order valence-corrected chi connectivity index (χ1v) is 5.38. The Kier molecular flexibility index (Phi) is 4.72. The fourth-order valence-corrected chi connectivity index (χ4v) is 1.55. The molecule has 0 bridgehead atoms. The van der Waals surface area contributed by atoms with Gasteiger partial charge in [0.1, 0.15) is 10.3 Å². The Hall–Kier alpha value is -1.33. The molecule has 0 aliphatic rings. The Morgan fingerprint density at radius 3 is 2.24 bits per heavy atom. The monoisotopic (exact) mass is 277 g/mol. The van der Waals surface area contributed by atoms with Crippen LogP contribution in [0, 0.1) is 0 Å². The smallest absolute Gasteiger partial charge is 0.341 e. The molecule has 0 aromatic carbocycles. The highest BCUT2D eigenvalue weighted by Gasteiger charge is 2.20. The van der Waals surface area contributed by atoms with Crippen LogP contribution in [0.5, 0.6) is 0 Å². The van der Waals surface area contributed by atoms with E-state index in [4.69, 9.17) is 27.9 Å². The number of carbonyl (C=O) groups excluding carboxylic acids is 2. The van der Waals surface area contributed by atoms with Gasteiger partial charge in [0, 0.05) is 0 Å². The third-order valence-electron chi connectivity index (χ3n) is 1.83. The molecule has 0 saturated carbocycles. The Morgan fingerprint density at radius 1 is 1.24 bits per heavy atom. The maximum Gasteiger partial charge on any atom is 0.341 e. The minimum absolute atomic E-state index is 0.0293. The van der Waals surface area contributed by atoms with E-state index < -0.39 is 11.9 Å². The van der Waals surface area contributed by atoms with Crippen molar-refractivity contribution in [3.8, 4) is 0 Å². The second-order valence-corrected chi connectivity index (χ2v) is 3.59. The largest absolute Gasteiger partial charge is 0.465 e. The van der Waals surface area contributed by atoms with Gasteiger partial charge in [-0.1, -0.05) is 23.2 Å². The van der Waals surface area contributed by atoms with Crippen molar-refractivity contribution in [1.82, 2.24) is 4.98 Å². The first-order valence-electron chi connectivity index (χ1n) is 4.62. The lowest BCUT2D eigenvalue weighted by Crippen LogP contribution is -2.10. The van der Waals surface area contributed by atoms with Gasteiger partial charge in [-0.25, -0.2) is 14.6 Å². The molecular weight excluding hydrogens is 269 g/mol. The fraction of sp³-hybridized carbons (Fsp3) is 0.300. The van der Waals surface area contributed by atoms with Gasteiger partial charge in [0.05, 0.1) is 24.8 Å². The summed E-state index contributed by atoms with van der Waals surface area (Å²) in [6.07, 6.45) is 0. The van der Waals surface area contributed by atoms with Crippen LogP contribution in [0.25, 0.3) is 0 Å². The minimum atomic E-state index is -0.704. The average molecular weight is 278 g/mol. The van der Waals surface area contributed by atoms with Gasteiger partial charge in [-0.15, -0.1) is 0 Å². The van der Waals surface area contributed by atoms with Crippen LogP contribution in [-0.2, 0) is 9.47 Å². The van der Waals surface area contributed by atoms with Gasteiger partial charge in [-0.05, 0) is 13.0 Å². The summed E-state index contributed by atoms with van der Waals surface area (Å²) in [7, 11) is 1.19. The van der Waals surface area contributed by atoms with Crippen LogP contribution in [0.15, 0.2) is 6.07 Å². The van der Waals surface area contributed by atoms with Gasteiger partial charge in [-0.2, -0.15) is 0 Å². The van der Waals surface area contributed by atoms with Crippen LogP contribution in [0.2, 0.25) is 10.3 Å². The van der Waals surface area contributed by atoms with E-state index in [0.717, 1.165) is 0 Å². The molecule has 7 heteroatoms. The van der Waals surface area contributed by atoms with E-state index in [1.165, 1.54) is 13.2 Å². The summed E-state index contributed by atoms with van der Waals surface area (Å²) >= 11 is 11.4. The molecule has 0 amide bonds. The summed E-state index contributed by atoms with van der Waals surface area (Å²) in [5.41, 5.74) is -0.0695. The van der Waals surface area contributed by atoms with Gasteiger partial charge < -0.3 is 9.47 Å². The van der Waals surface area contributed by atoms with Crippen molar-refractivity contribution in [3.05, 3.63) is 27.5 Å². The lowest BCUT2D eigenvalue weighted by molar-refractivity contribution is 0.0526. The molecule has 0 N–H and O–H groups in total. The summed E-state index contributed by atoms with van der Waals surface area (Å²) in [4.78, 5) is 26.5. The van der Waals surface area contributed by atoms with E-state index in [2.05, 4.69) is 9.72 Å². The third kappa shape index (κ3) is 3.08. The number of nitrogens with zero attached hydrogens (tertiary/aromatic N) is 1. The van der Waals surface area contributed by atoms with Gasteiger partial charge in [-0.3, -0.25) is 0 Å². The van der Waals surface area contributed by atoms with E-state index in [9.17, 15) is 9.59 Å². The summed E-state index contributed by atoms with van der Waals surface area (Å²) in [5.74, 6) is -1.38. The number of esters is 2. The van der Waals surface area contributed by atoms with Crippen molar-refractivity contribution in [2.75, 3.05) is 13.7 Å². The van der Waals surface area contributed by atoms with Crippen LogP contribution in [-0.4, -0.2) is 30.6 Å². The van der Waals surface area contributed by atoms with E-state index in [-0.39, 0.29) is 28.0 Å². The predicted octanol–water partition coefficient (Wildman–Crippen LogP) is 2.35. The standard InChI is InChI=1S/C10H9Cl2NO4/c1-3-17-10(15)6-4-5(9(14)16-2)7(11)13-8(6)12/h4H,3H2,1-2H3. The average Bonchev–Trinajstić information content (AvgIpc) is 2.28. The van der Waals surface area contributed by atoms with Crippen LogP contribution in [0.1, 0.15) is 27.6 Å². The van der Waals surface area contributed by atoms with Gasteiger partial charge >= 0.3 is 11.9 Å². The van der Waals surface area contributed by atoms with Crippen molar-refractivity contribution in [2.45, 2.75) is 6.92 Å². The molecule has 92 valence electrons. The lowest BCUT2D eigenvalue weighted by Gasteiger charge is -2.07. The molecule has 0 saturated heterocycles. The zero-order valence-electron chi connectivity index (χ0n) is 9.12. The normalized spacial score (nSPS) is 9.88. The predicted molar refractivity (Wildman–Crippen MR) is 61.6 cm³/mol. The molecule has 1 aromatic heterocycles. The number of hydrogen-bond acceptors (Lipinski definition) is 5. The van der Waals surface area contributed by atoms with Crippen LogP contribution < -0.4 is 0 Å². The third-order valence-corrected chi connectivity index (χ3v) is 2.41. The number of hydrogen-bond donors (Lipinski definition) is 0. The fourth-order valence-electron chi connectivity index (χ4n) is 1.08. The Bertz CT molecular complexity index is 462. The Balaban J connectivity index is 3.23. The summed E-state index contributed by atoms with van der Waals surface area (Å²) in [5, 5.41) is -0.254. The maximum absolute atomic E-state index is 11.5. The van der Waals surface area contributed by atoms with Crippen molar-refractivity contribution in [1.29, 1.82) is 0 Å². The second-order valence-electron chi connectivity index (χ2n) is 2.88. The molecule has 0 spiro atoms. The van der Waals surface area contributed by atoms with E-state index in [1.54, 1.807) is 6.92 Å². The van der Waals surface area contributed by atoms with Gasteiger partial charge in [0.2, 0.25) is 0 Å². The van der Waals surface area contributed by atoms with Crippen molar-refractivity contribution < 1.29 is 19.1 Å². The molecule has 1 aromatic rings. The number of pyridine rings is 1. The SMILES string of the molecule is CCOC(=O)c1cc(C(=O)OC)c(Cl)nc1Cl. The molecule has 0 fully saturated rings. The first kappa shape index (κ1) is 13.7. The van der Waals surface area contributed by atoms with Crippen molar-refractivity contribution >= 4 is 35.1 Å². The number of halogens is 2. The molecule has 0 aliphatic carbocycles. The van der Waals surface area contributed by atoms with E-state index >= 15 is 0 Å². The number of methoxy groups -OCH3 is 1. The highest BCUT2D eigenvalue weighted by atomic mass is 35.5. The molecule has 0 radical (unpaired) electrons. The quantitative estimate of drug-likeness (QED) is 0.627. The van der Waals surface area contributed by atoms with E-state index in [1.807, 2.05) is 0 Å². The molecule has 0 aliphatic heterocycles. The van der Waals surface area contributed by atoms with E-state index in [0.29, 0.717) is 0 Å². The molecule has 0 atom stereocenters. The highest BCUT2D eigenvalue weighted by Crippen LogP contribution is 2.22. The maximum atomic E-state index is 11.5. The molecular formula is C10H9Cl2NO4. The number of ether oxygens (including phenoxy) is 2. The topological polar surface area (TPSA) is 65.5 Å². The van der Waals surface area contributed by atoms with Gasteiger partial charge in [0.25, 0.3) is 0 Å². The second kappa shape index (κ2) is 5.84. The summed E-state index contributed by atoms with van der Waals surface area (Å²) < 4.78 is 9.25. The number of carbonyl (C=O) groups is 2. The summed E-state index contributed by atoms with van der Waals surface area (Å²) in [6, 6.07) is 1.20. The van der Waals surface area contributed by atoms with Crippen LogP contribution >= 0.6 is 23.2 Å². The van der Waals surface area contributed by atoms with Crippen molar-refractivity contribution in [3.63, 3.8) is 0 Å². The van der Waals surface area contributed by atoms with Crippen LogP contribution in [0.4, 0.5) is 0 Å². The molecule has 1 heterocycles. The highest BCUT2D eigenvalue weighted by molar-refractivity contribution is 6.36. The van der Waals surface area contributed by atoms with Crippen molar-refractivity contribution in [2.24, 2.45) is 0 Å². The number of aromatic nitrogens is 1. The summed E-state index contributed by atoms with van der Waals surface area (Å²) in [6.45, 7) is 1.84. The lowest BCUT2D eigenvalue weighted by atomic mass is 10.2. The molecule has 17 heavy (non-hydrogen) atoms. The zero-order chi connectivity index (χ0) is 13.0. The molecule has 1 rings (SSSR count). The first-order chi connectivity index (χ1) is 8.01. The number of rotatable bonds is 3. The van der Waals surface area contributed by atoms with Gasteiger partial charge in [0.15, 0.2) is 0 Å². The molecule has 5 nitrogen and oxygen atoms in total. The molecule has 0 unspecified atom stereocenters.